The van der Waals surface area contributed by atoms with E-state index in [9.17, 15) is 14.9 Å². The van der Waals surface area contributed by atoms with Crippen molar-refractivity contribution in [3.8, 4) is 0 Å². The Labute approximate surface area is 143 Å². The fourth-order valence-electron chi connectivity index (χ4n) is 2.45. The highest BCUT2D eigenvalue weighted by atomic mass is 16.6. The van der Waals surface area contributed by atoms with Gasteiger partial charge in [0.1, 0.15) is 11.3 Å². The lowest BCUT2D eigenvalue weighted by atomic mass is 10.1. The number of esters is 1. The van der Waals surface area contributed by atoms with E-state index < -0.39 is 10.9 Å². The zero-order valence-corrected chi connectivity index (χ0v) is 13.6. The van der Waals surface area contributed by atoms with Gasteiger partial charge in [-0.25, -0.2) is 9.78 Å². The largest absolute Gasteiger partial charge is 0.464 e. The molecule has 126 valence electrons. The first-order valence-corrected chi connectivity index (χ1v) is 7.48. The van der Waals surface area contributed by atoms with Crippen molar-refractivity contribution in [1.29, 1.82) is 0 Å². The monoisotopic (exact) mass is 337 g/mol. The van der Waals surface area contributed by atoms with E-state index in [0.29, 0.717) is 11.3 Å². The number of non-ortho nitro benzene ring substituents is 1. The maximum atomic E-state index is 11.6. The number of hydrogen-bond acceptors (Lipinski definition) is 5. The third-order valence-electron chi connectivity index (χ3n) is 3.83. The summed E-state index contributed by atoms with van der Waals surface area (Å²) in [6.45, 7) is 1.89. The first-order valence-electron chi connectivity index (χ1n) is 7.48. The molecule has 25 heavy (non-hydrogen) atoms. The van der Waals surface area contributed by atoms with Crippen LogP contribution in [0.15, 0.2) is 36.5 Å². The summed E-state index contributed by atoms with van der Waals surface area (Å²) in [5, 5.41) is 11.7. The third kappa shape index (κ3) is 3.40. The quantitative estimate of drug-likeness (QED) is 0.444. The number of aromatic nitrogens is 2. The molecule has 3 aromatic rings. The summed E-state index contributed by atoms with van der Waals surface area (Å²) in [4.78, 5) is 29.2. The normalized spacial score (nSPS) is 11.1. The fourth-order valence-corrected chi connectivity index (χ4v) is 2.45. The molecule has 0 spiro atoms. The molecule has 0 saturated carbocycles. The number of pyridine rings is 1. The van der Waals surface area contributed by atoms with Gasteiger partial charge in [0.15, 0.2) is 0 Å². The first kappa shape index (κ1) is 16.4. The van der Waals surface area contributed by atoms with Crippen molar-refractivity contribution in [2.45, 2.75) is 6.92 Å². The number of rotatable bonds is 4. The van der Waals surface area contributed by atoms with Crippen LogP contribution in [0.5, 0.6) is 0 Å². The van der Waals surface area contributed by atoms with Gasteiger partial charge in [-0.2, -0.15) is 0 Å². The third-order valence-corrected chi connectivity index (χ3v) is 3.83. The number of aryl methyl sites for hydroxylation is 1. The van der Waals surface area contributed by atoms with Crippen molar-refractivity contribution in [2.24, 2.45) is 0 Å². The van der Waals surface area contributed by atoms with E-state index in [1.807, 2.05) is 19.1 Å². The number of nitrogens with one attached hydrogen (secondary N) is 1. The number of ether oxygens (including phenoxy) is 1. The van der Waals surface area contributed by atoms with Crippen molar-refractivity contribution < 1.29 is 14.5 Å². The van der Waals surface area contributed by atoms with E-state index in [0.717, 1.165) is 22.1 Å². The Kier molecular flexibility index (Phi) is 4.30. The Bertz CT molecular complexity index is 1000. The van der Waals surface area contributed by atoms with Crippen molar-refractivity contribution in [1.82, 2.24) is 9.97 Å². The zero-order valence-electron chi connectivity index (χ0n) is 13.6. The van der Waals surface area contributed by atoms with E-state index in [1.54, 1.807) is 24.4 Å². The van der Waals surface area contributed by atoms with E-state index in [2.05, 4.69) is 14.7 Å². The number of benzene rings is 1. The Morgan fingerprint density at radius 1 is 1.28 bits per heavy atom. The molecule has 0 fully saturated rings. The van der Waals surface area contributed by atoms with Crippen LogP contribution in [0, 0.1) is 17.0 Å². The lowest BCUT2D eigenvalue weighted by Crippen LogP contribution is -2.00. The number of carbonyl (C=O) groups excluding carboxylic acids is 1. The van der Waals surface area contributed by atoms with Crippen LogP contribution in [-0.2, 0) is 4.74 Å². The summed E-state index contributed by atoms with van der Waals surface area (Å²) < 4.78 is 4.68. The van der Waals surface area contributed by atoms with Gasteiger partial charge in [0, 0.05) is 23.7 Å². The van der Waals surface area contributed by atoms with E-state index in [1.165, 1.54) is 19.2 Å². The number of nitrogens with zero attached hydrogens (tertiary/aromatic N) is 2. The van der Waals surface area contributed by atoms with Crippen LogP contribution < -0.4 is 0 Å². The highest BCUT2D eigenvalue weighted by Gasteiger charge is 2.10. The summed E-state index contributed by atoms with van der Waals surface area (Å²) in [5.74, 6) is -0.456. The zero-order chi connectivity index (χ0) is 18.0. The Balaban J connectivity index is 1.92. The number of aromatic amines is 1. The molecule has 0 saturated heterocycles. The minimum Gasteiger partial charge on any atom is -0.464 e. The van der Waals surface area contributed by atoms with Gasteiger partial charge in [0.05, 0.1) is 12.0 Å². The summed E-state index contributed by atoms with van der Waals surface area (Å²) in [7, 11) is 1.32. The van der Waals surface area contributed by atoms with Crippen LogP contribution in [0.2, 0.25) is 0 Å². The second kappa shape index (κ2) is 6.56. The van der Waals surface area contributed by atoms with Gasteiger partial charge in [0.25, 0.3) is 5.69 Å². The highest BCUT2D eigenvalue weighted by Crippen LogP contribution is 2.21. The maximum Gasteiger partial charge on any atom is 0.354 e. The predicted octanol–water partition coefficient (Wildman–Crippen LogP) is 3.74. The molecule has 0 aliphatic carbocycles. The van der Waals surface area contributed by atoms with Gasteiger partial charge in [0.2, 0.25) is 0 Å². The molecule has 7 heteroatoms. The molecule has 7 nitrogen and oxygen atoms in total. The smallest absolute Gasteiger partial charge is 0.354 e. The lowest BCUT2D eigenvalue weighted by molar-refractivity contribution is -0.384. The molecule has 0 bridgehead atoms. The van der Waals surface area contributed by atoms with Gasteiger partial charge in [-0.05, 0) is 35.7 Å². The van der Waals surface area contributed by atoms with Crippen LogP contribution in [0.4, 0.5) is 5.69 Å². The van der Waals surface area contributed by atoms with Crippen molar-refractivity contribution in [2.75, 3.05) is 7.11 Å². The Morgan fingerprint density at radius 3 is 2.80 bits per heavy atom. The first-order chi connectivity index (χ1) is 12.0. The SMILES string of the molecule is COC(=O)c1cc2cc(C=Cc3cc([N+](=O)[O-])ccc3C)cnc2[nH]1. The number of carbonyl (C=O) groups is 1. The summed E-state index contributed by atoms with van der Waals surface area (Å²) in [5.41, 5.74) is 3.48. The van der Waals surface area contributed by atoms with Crippen LogP contribution in [0.25, 0.3) is 23.2 Å². The molecular weight excluding hydrogens is 322 g/mol. The summed E-state index contributed by atoms with van der Waals surface area (Å²) in [6, 6.07) is 8.27. The van der Waals surface area contributed by atoms with E-state index in [-0.39, 0.29) is 5.69 Å². The molecule has 0 aliphatic heterocycles. The van der Waals surface area contributed by atoms with Crippen molar-refractivity contribution in [3.63, 3.8) is 0 Å². The lowest BCUT2D eigenvalue weighted by Gasteiger charge is -2.00. The molecule has 0 unspecified atom stereocenters. The molecular formula is C18H15N3O4. The van der Waals surface area contributed by atoms with Gasteiger partial charge >= 0.3 is 5.97 Å². The maximum absolute atomic E-state index is 11.6. The average molecular weight is 337 g/mol. The standard InChI is InChI=1S/C18H15N3O4/c1-11-3-6-15(21(23)24)8-13(11)5-4-12-7-14-9-16(18(22)25-2)20-17(14)19-10-12/h3-10H,1-2H3,(H,19,20). The molecule has 2 heterocycles. The Hall–Kier alpha value is -3.48. The van der Waals surface area contributed by atoms with Gasteiger partial charge in [-0.15, -0.1) is 0 Å². The molecule has 2 aromatic heterocycles. The van der Waals surface area contributed by atoms with Crippen LogP contribution >= 0.6 is 0 Å². The van der Waals surface area contributed by atoms with Gasteiger partial charge in [-0.3, -0.25) is 10.1 Å². The average Bonchev–Trinajstić information content (AvgIpc) is 3.03. The van der Waals surface area contributed by atoms with Crippen molar-refractivity contribution >= 4 is 34.8 Å². The molecule has 0 aliphatic rings. The number of nitro benzene ring substituents is 1. The molecule has 1 N–H and O–H groups in total. The van der Waals surface area contributed by atoms with E-state index >= 15 is 0 Å². The molecule has 0 atom stereocenters. The van der Waals surface area contributed by atoms with E-state index in [4.69, 9.17) is 0 Å². The number of hydrogen-bond donors (Lipinski definition) is 1. The Morgan fingerprint density at radius 2 is 2.08 bits per heavy atom. The van der Waals surface area contributed by atoms with Crippen LogP contribution in [0.1, 0.15) is 27.2 Å². The van der Waals surface area contributed by atoms with Crippen LogP contribution in [0.3, 0.4) is 0 Å². The number of methoxy groups -OCH3 is 1. The van der Waals surface area contributed by atoms with Gasteiger partial charge < -0.3 is 9.72 Å². The molecule has 3 rings (SSSR count). The minimum atomic E-state index is -0.456. The minimum absolute atomic E-state index is 0.0483. The second-order valence-electron chi connectivity index (χ2n) is 5.51. The number of fused-ring (bicyclic) bond motifs is 1. The second-order valence-corrected chi connectivity index (χ2v) is 5.51. The number of nitro groups is 1. The van der Waals surface area contributed by atoms with Gasteiger partial charge in [-0.1, -0.05) is 18.2 Å². The van der Waals surface area contributed by atoms with Crippen molar-refractivity contribution in [3.05, 3.63) is 69.0 Å². The highest BCUT2D eigenvalue weighted by molar-refractivity contribution is 5.94. The summed E-state index contributed by atoms with van der Waals surface area (Å²) >= 11 is 0. The molecule has 0 radical (unpaired) electrons. The predicted molar refractivity (Wildman–Crippen MR) is 94.2 cm³/mol. The van der Waals surface area contributed by atoms with Crippen LogP contribution in [-0.4, -0.2) is 28.0 Å². The molecule has 1 aromatic carbocycles. The topological polar surface area (TPSA) is 98.1 Å². The molecule has 0 amide bonds. The summed E-state index contributed by atoms with van der Waals surface area (Å²) in [6.07, 6.45) is 5.28. The number of H-pyrrole nitrogens is 1. The fraction of sp³-hybridized carbons (Fsp3) is 0.111.